The van der Waals surface area contributed by atoms with Gasteiger partial charge < -0.3 is 0 Å². The van der Waals surface area contributed by atoms with Crippen molar-refractivity contribution in [3.05, 3.63) is 0 Å². The van der Waals surface area contributed by atoms with Crippen LogP contribution in [0.1, 0.15) is 6.92 Å². The van der Waals surface area contributed by atoms with Gasteiger partial charge in [0.15, 0.2) is 0 Å². The molecule has 0 rings (SSSR count). The predicted octanol–water partition coefficient (Wildman–Crippen LogP) is 1.96. The number of alkyl halides is 2. The van der Waals surface area contributed by atoms with Crippen LogP contribution >= 0.6 is 31.9 Å². The lowest BCUT2D eigenvalue weighted by Crippen LogP contribution is -2.15. The lowest BCUT2D eigenvalue weighted by atomic mass is 10.3. The topological polar surface area (TPSA) is 19.9 Å². The molecule has 2 unspecified atom stereocenters. The van der Waals surface area contributed by atoms with Gasteiger partial charge in [0, 0.05) is 5.33 Å². The van der Waals surface area contributed by atoms with Gasteiger partial charge >= 0.3 is 0 Å². The number of hydrogen-bond donors (Lipinski definition) is 0. The summed E-state index contributed by atoms with van der Waals surface area (Å²) in [5.74, 6) is 0. The fourth-order valence-corrected chi connectivity index (χ4v) is 0.652. The Kier molecular flexibility index (Phi) is 4.37. The molecule has 0 aliphatic heterocycles. The first-order valence-corrected chi connectivity index (χ1v) is 4.08. The second-order valence-electron chi connectivity index (χ2n) is 1.38. The van der Waals surface area contributed by atoms with Gasteiger partial charge in [0.2, 0.25) is 0 Å². The quantitative estimate of drug-likeness (QED) is 0.647. The fourth-order valence-electron chi connectivity index (χ4n) is 0.125. The third-order valence-corrected chi connectivity index (χ3v) is 3.29. The van der Waals surface area contributed by atoms with Gasteiger partial charge in [0.1, 0.15) is 6.10 Å². The van der Waals surface area contributed by atoms with Crippen LogP contribution in [-0.2, 0) is 5.11 Å². The van der Waals surface area contributed by atoms with Gasteiger partial charge in [-0.05, 0) is 6.92 Å². The summed E-state index contributed by atoms with van der Waals surface area (Å²) in [5.41, 5.74) is 0. The molecule has 0 saturated carbocycles. The Labute approximate surface area is 60.4 Å². The first-order chi connectivity index (χ1) is 3.18. The molecule has 0 aromatic rings. The molecule has 43 valence electrons. The van der Waals surface area contributed by atoms with Gasteiger partial charge in [-0.25, -0.2) is 5.11 Å². The van der Waals surface area contributed by atoms with Gasteiger partial charge in [-0.15, -0.1) is 0 Å². The molecular formula is C4H7Br2O. The summed E-state index contributed by atoms with van der Waals surface area (Å²) in [6.07, 6.45) is -0.514. The van der Waals surface area contributed by atoms with E-state index in [9.17, 15) is 5.11 Å². The number of halogens is 2. The Bertz CT molecular complexity index is 47.0. The highest BCUT2D eigenvalue weighted by Crippen LogP contribution is 2.07. The third-order valence-electron chi connectivity index (χ3n) is 0.657. The van der Waals surface area contributed by atoms with Gasteiger partial charge in [-0.1, -0.05) is 31.9 Å². The second-order valence-corrected chi connectivity index (χ2v) is 3.20. The summed E-state index contributed by atoms with van der Waals surface area (Å²) in [4.78, 5) is 0.0764. The Morgan fingerprint density at radius 2 is 2.14 bits per heavy atom. The predicted molar refractivity (Wildman–Crippen MR) is 36.7 cm³/mol. The first-order valence-electron chi connectivity index (χ1n) is 2.04. The summed E-state index contributed by atoms with van der Waals surface area (Å²) in [6, 6.07) is 0. The molecule has 0 amide bonds. The summed E-state index contributed by atoms with van der Waals surface area (Å²) in [7, 11) is 0. The molecule has 0 saturated heterocycles. The molecule has 0 heterocycles. The minimum Gasteiger partial charge on any atom is -0.232 e. The molecule has 7 heavy (non-hydrogen) atoms. The minimum atomic E-state index is -0.514. The van der Waals surface area contributed by atoms with Crippen molar-refractivity contribution < 1.29 is 5.11 Å². The van der Waals surface area contributed by atoms with Crippen LogP contribution in [0.5, 0.6) is 0 Å². The molecule has 0 aromatic heterocycles. The Morgan fingerprint density at radius 3 is 2.14 bits per heavy atom. The normalized spacial score (nSPS) is 18.9. The maximum absolute atomic E-state index is 10.4. The largest absolute Gasteiger partial charge is 0.232 e. The molecule has 1 nitrogen and oxygen atoms in total. The zero-order chi connectivity index (χ0) is 5.86. The van der Waals surface area contributed by atoms with Crippen molar-refractivity contribution in [3.8, 4) is 0 Å². The van der Waals surface area contributed by atoms with Crippen LogP contribution in [0.3, 0.4) is 0 Å². The standard InChI is InChI=1S/C4H7Br2O/c1-3(7)4(6)2-5/h3-4H,2H2,1H3. The lowest BCUT2D eigenvalue weighted by Gasteiger charge is -2.03. The van der Waals surface area contributed by atoms with Crippen LogP contribution in [0.2, 0.25) is 0 Å². The average Bonchev–Trinajstić information content (AvgIpc) is 1.65. The van der Waals surface area contributed by atoms with E-state index in [-0.39, 0.29) is 4.83 Å². The summed E-state index contributed by atoms with van der Waals surface area (Å²) < 4.78 is 0. The highest BCUT2D eigenvalue weighted by Gasteiger charge is 2.08. The summed E-state index contributed by atoms with van der Waals surface area (Å²) >= 11 is 6.35. The second kappa shape index (κ2) is 3.87. The van der Waals surface area contributed by atoms with Crippen LogP contribution < -0.4 is 0 Å². The smallest absolute Gasteiger partial charge is 0.103 e. The highest BCUT2D eigenvalue weighted by molar-refractivity contribution is 9.12. The molecular weight excluding hydrogens is 224 g/mol. The van der Waals surface area contributed by atoms with Crippen molar-refractivity contribution in [2.75, 3.05) is 5.33 Å². The van der Waals surface area contributed by atoms with Crippen LogP contribution in [0.4, 0.5) is 0 Å². The van der Waals surface area contributed by atoms with Gasteiger partial charge in [0.05, 0.1) is 4.83 Å². The van der Waals surface area contributed by atoms with E-state index < -0.39 is 6.10 Å². The molecule has 1 radical (unpaired) electrons. The molecule has 0 N–H and O–H groups in total. The van der Waals surface area contributed by atoms with Crippen LogP contribution in [0, 0.1) is 0 Å². The molecule has 0 aliphatic rings. The molecule has 0 aromatic carbocycles. The van der Waals surface area contributed by atoms with Crippen molar-refractivity contribution in [2.24, 2.45) is 0 Å². The van der Waals surface area contributed by atoms with Crippen molar-refractivity contribution in [3.63, 3.8) is 0 Å². The van der Waals surface area contributed by atoms with E-state index in [2.05, 4.69) is 31.9 Å². The van der Waals surface area contributed by atoms with Gasteiger partial charge in [-0.3, -0.25) is 0 Å². The van der Waals surface area contributed by atoms with E-state index in [0.717, 1.165) is 5.33 Å². The number of rotatable bonds is 2. The third kappa shape index (κ3) is 3.50. The maximum atomic E-state index is 10.4. The SMILES string of the molecule is CC([O])C(Br)CBr. The monoisotopic (exact) mass is 229 g/mol. The van der Waals surface area contributed by atoms with Crippen LogP contribution in [-0.4, -0.2) is 16.3 Å². The zero-order valence-electron chi connectivity index (χ0n) is 4.03. The van der Waals surface area contributed by atoms with Crippen molar-refractivity contribution in [2.45, 2.75) is 17.9 Å². The number of hydrogen-bond acceptors (Lipinski definition) is 0. The molecule has 0 fully saturated rings. The van der Waals surface area contributed by atoms with Crippen LogP contribution in [0.25, 0.3) is 0 Å². The van der Waals surface area contributed by atoms with E-state index in [0.29, 0.717) is 0 Å². The van der Waals surface area contributed by atoms with Crippen LogP contribution in [0.15, 0.2) is 0 Å². The zero-order valence-corrected chi connectivity index (χ0v) is 7.20. The van der Waals surface area contributed by atoms with Crippen molar-refractivity contribution in [1.82, 2.24) is 0 Å². The van der Waals surface area contributed by atoms with E-state index in [1.807, 2.05) is 0 Å². The van der Waals surface area contributed by atoms with Gasteiger partial charge in [0.25, 0.3) is 0 Å². The maximum Gasteiger partial charge on any atom is 0.103 e. The summed E-state index contributed by atoms with van der Waals surface area (Å²) in [6.45, 7) is 1.64. The molecule has 0 aliphatic carbocycles. The van der Waals surface area contributed by atoms with Crippen molar-refractivity contribution >= 4 is 31.9 Å². The highest BCUT2D eigenvalue weighted by atomic mass is 79.9. The Morgan fingerprint density at radius 1 is 1.71 bits per heavy atom. The van der Waals surface area contributed by atoms with Gasteiger partial charge in [-0.2, -0.15) is 0 Å². The summed E-state index contributed by atoms with van der Waals surface area (Å²) in [5, 5.41) is 11.1. The van der Waals surface area contributed by atoms with E-state index in [1.54, 1.807) is 6.92 Å². The minimum absolute atomic E-state index is 0.0764. The fraction of sp³-hybridized carbons (Fsp3) is 1.00. The van der Waals surface area contributed by atoms with E-state index in [4.69, 9.17) is 0 Å². The molecule has 3 heteroatoms. The first kappa shape index (κ1) is 7.92. The van der Waals surface area contributed by atoms with Crippen molar-refractivity contribution in [1.29, 1.82) is 0 Å². The Hall–Kier alpha value is 0.920. The van der Waals surface area contributed by atoms with E-state index in [1.165, 1.54) is 0 Å². The molecule has 2 atom stereocenters. The lowest BCUT2D eigenvalue weighted by molar-refractivity contribution is 0.110. The Balaban J connectivity index is 3.14. The average molecular weight is 231 g/mol. The van der Waals surface area contributed by atoms with E-state index >= 15 is 0 Å². The molecule has 0 bridgehead atoms. The molecule has 0 spiro atoms.